The van der Waals surface area contributed by atoms with Crippen LogP contribution in [0.4, 0.5) is 0 Å². The van der Waals surface area contributed by atoms with Crippen LogP contribution in [0.3, 0.4) is 0 Å². The second-order valence-electron chi connectivity index (χ2n) is 1.29. The third-order valence-electron chi connectivity index (χ3n) is 0.722. The van der Waals surface area contributed by atoms with E-state index in [1.165, 1.54) is 0 Å². The predicted octanol–water partition coefficient (Wildman–Crippen LogP) is 0.131. The van der Waals surface area contributed by atoms with Crippen molar-refractivity contribution in [2.75, 3.05) is 6.67 Å². The van der Waals surface area contributed by atoms with Crippen LogP contribution in [-0.2, 0) is 0 Å². The Bertz CT molecular complexity index is 42.1. The Kier molecular flexibility index (Phi) is 1.34. The molecular formula is C3H8N2S. The van der Waals surface area contributed by atoms with E-state index in [2.05, 4.69) is 17.0 Å². The van der Waals surface area contributed by atoms with Gasteiger partial charge in [0.2, 0.25) is 0 Å². The molecule has 0 bridgehead atoms. The standard InChI is InChI=1S/C3H8N2S/c1-3-4-2-5-6-3/h3-5H,2H2,1H3. The number of nitrogens with one attached hydrogen (secondary N) is 2. The topological polar surface area (TPSA) is 24.1 Å². The molecule has 0 aromatic heterocycles. The van der Waals surface area contributed by atoms with E-state index in [9.17, 15) is 0 Å². The van der Waals surface area contributed by atoms with Gasteiger partial charge in [-0.1, -0.05) is 11.9 Å². The van der Waals surface area contributed by atoms with E-state index in [0.717, 1.165) is 6.67 Å². The average Bonchev–Trinajstić information content (AvgIpc) is 1.86. The van der Waals surface area contributed by atoms with E-state index >= 15 is 0 Å². The Morgan fingerprint density at radius 3 is 2.83 bits per heavy atom. The SMILES string of the molecule is CC1NCNS1. The van der Waals surface area contributed by atoms with Crippen LogP contribution < -0.4 is 10.0 Å². The fourth-order valence-corrected chi connectivity index (χ4v) is 0.977. The van der Waals surface area contributed by atoms with Crippen LogP contribution in [0, 0.1) is 0 Å². The van der Waals surface area contributed by atoms with Gasteiger partial charge in [0.1, 0.15) is 0 Å². The van der Waals surface area contributed by atoms with Crippen molar-refractivity contribution in [3.05, 3.63) is 0 Å². The van der Waals surface area contributed by atoms with Crippen LogP contribution in [0.5, 0.6) is 0 Å². The summed E-state index contributed by atoms with van der Waals surface area (Å²) in [4.78, 5) is 0. The minimum Gasteiger partial charge on any atom is -0.291 e. The molecule has 1 unspecified atom stereocenters. The second-order valence-corrected chi connectivity index (χ2v) is 2.52. The maximum atomic E-state index is 3.17. The molecule has 0 aliphatic carbocycles. The summed E-state index contributed by atoms with van der Waals surface area (Å²) in [5.41, 5.74) is 0. The zero-order valence-corrected chi connectivity index (χ0v) is 4.51. The molecule has 36 valence electrons. The lowest BCUT2D eigenvalue weighted by Gasteiger charge is -1.92. The third kappa shape index (κ3) is 0.864. The molecule has 2 nitrogen and oxygen atoms in total. The number of hydrogen-bond donors (Lipinski definition) is 2. The first-order valence-electron chi connectivity index (χ1n) is 2.01. The molecule has 0 saturated carbocycles. The van der Waals surface area contributed by atoms with E-state index in [0.29, 0.717) is 5.37 Å². The van der Waals surface area contributed by atoms with Gasteiger partial charge in [-0.05, 0) is 6.92 Å². The minimum atomic E-state index is 0.602. The first kappa shape index (κ1) is 4.43. The molecule has 3 heteroatoms. The summed E-state index contributed by atoms with van der Waals surface area (Å²) < 4.78 is 3.08. The fraction of sp³-hybridized carbons (Fsp3) is 1.00. The fourth-order valence-electron chi connectivity index (χ4n) is 0.394. The maximum absolute atomic E-state index is 3.17. The van der Waals surface area contributed by atoms with Crippen LogP contribution in [-0.4, -0.2) is 12.0 Å². The first-order valence-corrected chi connectivity index (χ1v) is 2.89. The monoisotopic (exact) mass is 104 g/mol. The van der Waals surface area contributed by atoms with Crippen molar-refractivity contribution in [3.63, 3.8) is 0 Å². The largest absolute Gasteiger partial charge is 0.291 e. The van der Waals surface area contributed by atoms with Crippen molar-refractivity contribution >= 4 is 11.9 Å². The van der Waals surface area contributed by atoms with E-state index in [1.54, 1.807) is 11.9 Å². The van der Waals surface area contributed by atoms with Gasteiger partial charge in [0.05, 0.1) is 12.0 Å². The molecule has 0 aromatic rings. The Labute approximate surface area is 41.8 Å². The van der Waals surface area contributed by atoms with Crippen molar-refractivity contribution in [1.82, 2.24) is 10.0 Å². The molecule has 1 atom stereocenters. The van der Waals surface area contributed by atoms with Gasteiger partial charge in [0.15, 0.2) is 0 Å². The van der Waals surface area contributed by atoms with Crippen molar-refractivity contribution in [3.8, 4) is 0 Å². The van der Waals surface area contributed by atoms with Gasteiger partial charge < -0.3 is 0 Å². The Balaban J connectivity index is 2.18. The van der Waals surface area contributed by atoms with Gasteiger partial charge in [0, 0.05) is 0 Å². The van der Waals surface area contributed by atoms with Gasteiger partial charge in [-0.3, -0.25) is 5.32 Å². The Morgan fingerprint density at radius 2 is 2.67 bits per heavy atom. The molecule has 0 aromatic carbocycles. The zero-order valence-electron chi connectivity index (χ0n) is 3.69. The van der Waals surface area contributed by atoms with Crippen molar-refractivity contribution in [2.24, 2.45) is 0 Å². The van der Waals surface area contributed by atoms with Crippen molar-refractivity contribution in [2.45, 2.75) is 12.3 Å². The Hall–Kier alpha value is 0.270. The molecule has 0 amide bonds. The van der Waals surface area contributed by atoms with Crippen LogP contribution in [0.15, 0.2) is 0 Å². The molecule has 2 N–H and O–H groups in total. The second kappa shape index (κ2) is 1.82. The molecule has 1 saturated heterocycles. The van der Waals surface area contributed by atoms with Crippen LogP contribution in [0.2, 0.25) is 0 Å². The van der Waals surface area contributed by atoms with Gasteiger partial charge in [0.25, 0.3) is 0 Å². The lowest BCUT2D eigenvalue weighted by Crippen LogP contribution is -2.16. The molecule has 1 aliphatic rings. The lowest BCUT2D eigenvalue weighted by molar-refractivity contribution is 0.726. The normalized spacial score (nSPS) is 34.5. The molecule has 6 heavy (non-hydrogen) atoms. The molecular weight excluding hydrogens is 96.1 g/mol. The highest BCUT2D eigenvalue weighted by Crippen LogP contribution is 2.04. The van der Waals surface area contributed by atoms with E-state index in [1.807, 2.05) is 0 Å². The highest BCUT2D eigenvalue weighted by molar-refractivity contribution is 7.98. The molecule has 1 heterocycles. The molecule has 0 radical (unpaired) electrons. The quantitative estimate of drug-likeness (QED) is 0.427. The summed E-state index contributed by atoms with van der Waals surface area (Å²) in [5, 5.41) is 3.77. The first-order chi connectivity index (χ1) is 2.89. The minimum absolute atomic E-state index is 0.602. The summed E-state index contributed by atoms with van der Waals surface area (Å²) in [7, 11) is 0. The molecule has 0 spiro atoms. The summed E-state index contributed by atoms with van der Waals surface area (Å²) in [6.07, 6.45) is 0. The van der Waals surface area contributed by atoms with Gasteiger partial charge in [-0.15, -0.1) is 0 Å². The summed E-state index contributed by atoms with van der Waals surface area (Å²) in [5.74, 6) is 0. The third-order valence-corrected chi connectivity index (χ3v) is 1.55. The lowest BCUT2D eigenvalue weighted by atomic mass is 10.7. The van der Waals surface area contributed by atoms with E-state index in [-0.39, 0.29) is 0 Å². The van der Waals surface area contributed by atoms with Crippen molar-refractivity contribution in [1.29, 1.82) is 0 Å². The average molecular weight is 104 g/mol. The summed E-state index contributed by atoms with van der Waals surface area (Å²) in [6, 6.07) is 0. The van der Waals surface area contributed by atoms with Gasteiger partial charge >= 0.3 is 0 Å². The van der Waals surface area contributed by atoms with Crippen LogP contribution in [0.25, 0.3) is 0 Å². The van der Waals surface area contributed by atoms with Gasteiger partial charge in [-0.25, -0.2) is 4.72 Å². The van der Waals surface area contributed by atoms with Crippen molar-refractivity contribution < 1.29 is 0 Å². The Morgan fingerprint density at radius 1 is 1.83 bits per heavy atom. The highest BCUT2D eigenvalue weighted by Gasteiger charge is 2.05. The number of rotatable bonds is 0. The van der Waals surface area contributed by atoms with Crippen LogP contribution >= 0.6 is 11.9 Å². The molecule has 1 aliphatic heterocycles. The summed E-state index contributed by atoms with van der Waals surface area (Å²) >= 11 is 1.74. The van der Waals surface area contributed by atoms with E-state index in [4.69, 9.17) is 0 Å². The highest BCUT2D eigenvalue weighted by atomic mass is 32.2. The van der Waals surface area contributed by atoms with Crippen LogP contribution in [0.1, 0.15) is 6.92 Å². The number of hydrogen-bond acceptors (Lipinski definition) is 3. The summed E-state index contributed by atoms with van der Waals surface area (Å²) in [6.45, 7) is 3.08. The molecule has 1 rings (SSSR count). The predicted molar refractivity (Wildman–Crippen MR) is 28.2 cm³/mol. The molecule has 1 fully saturated rings. The maximum Gasteiger partial charge on any atom is 0.0660 e. The smallest absolute Gasteiger partial charge is 0.0660 e. The van der Waals surface area contributed by atoms with E-state index < -0.39 is 0 Å². The van der Waals surface area contributed by atoms with Gasteiger partial charge in [-0.2, -0.15) is 0 Å². The zero-order chi connectivity index (χ0) is 4.41.